The molecule has 2 heterocycles. The first-order valence-corrected chi connectivity index (χ1v) is 9.07. The summed E-state index contributed by atoms with van der Waals surface area (Å²) >= 11 is 0. The van der Waals surface area contributed by atoms with Crippen LogP contribution in [0.1, 0.15) is 11.1 Å². The van der Waals surface area contributed by atoms with Crippen LogP contribution in [-0.4, -0.2) is 47.0 Å². The van der Waals surface area contributed by atoms with Crippen LogP contribution >= 0.6 is 0 Å². The van der Waals surface area contributed by atoms with E-state index in [4.69, 9.17) is 0 Å². The third-order valence-electron chi connectivity index (χ3n) is 4.14. The molecule has 1 aromatic carbocycles. The first kappa shape index (κ1) is 18.8. The first-order chi connectivity index (χ1) is 13.1. The highest BCUT2D eigenvalue weighted by atomic mass is 15.2. The highest BCUT2D eigenvalue weighted by Crippen LogP contribution is 2.21. The van der Waals surface area contributed by atoms with E-state index in [0.717, 1.165) is 30.2 Å². The van der Waals surface area contributed by atoms with Crippen LogP contribution in [0.5, 0.6) is 0 Å². The molecule has 0 aliphatic carbocycles. The van der Waals surface area contributed by atoms with Crippen molar-refractivity contribution in [1.29, 1.82) is 0 Å². The van der Waals surface area contributed by atoms with Crippen LogP contribution in [0, 0.1) is 6.92 Å². The molecule has 0 aliphatic rings. The van der Waals surface area contributed by atoms with Gasteiger partial charge in [0.15, 0.2) is 0 Å². The summed E-state index contributed by atoms with van der Waals surface area (Å²) in [7, 11) is 4.09. The van der Waals surface area contributed by atoms with E-state index < -0.39 is 0 Å². The van der Waals surface area contributed by atoms with Crippen LogP contribution < -0.4 is 10.6 Å². The molecule has 140 valence electrons. The van der Waals surface area contributed by atoms with Crippen molar-refractivity contribution in [2.45, 2.75) is 13.5 Å². The molecule has 0 amide bonds. The summed E-state index contributed by atoms with van der Waals surface area (Å²) in [4.78, 5) is 15.5. The molecule has 0 radical (unpaired) electrons. The predicted molar refractivity (Wildman–Crippen MR) is 111 cm³/mol. The largest absolute Gasteiger partial charge is 0.366 e. The lowest BCUT2D eigenvalue weighted by Gasteiger charge is -2.13. The van der Waals surface area contributed by atoms with E-state index in [9.17, 15) is 0 Å². The van der Waals surface area contributed by atoms with E-state index in [1.807, 2.05) is 32.3 Å². The molecule has 6 nitrogen and oxygen atoms in total. The smallest absolute Gasteiger partial charge is 0.225 e. The quantitative estimate of drug-likeness (QED) is 0.640. The Labute approximate surface area is 160 Å². The second-order valence-electron chi connectivity index (χ2n) is 6.77. The maximum atomic E-state index is 4.66. The second-order valence-corrected chi connectivity index (χ2v) is 6.77. The number of anilines is 2. The molecule has 3 rings (SSSR count). The predicted octanol–water partition coefficient (Wildman–Crippen LogP) is 3.43. The number of pyridine rings is 1. The van der Waals surface area contributed by atoms with Gasteiger partial charge in [0.25, 0.3) is 0 Å². The van der Waals surface area contributed by atoms with Crippen LogP contribution in [-0.2, 0) is 6.54 Å². The fraction of sp³-hybridized carbons (Fsp3) is 0.286. The van der Waals surface area contributed by atoms with E-state index in [1.165, 1.54) is 11.1 Å². The van der Waals surface area contributed by atoms with Crippen molar-refractivity contribution in [3.05, 3.63) is 66.0 Å². The Morgan fingerprint density at radius 2 is 1.67 bits per heavy atom. The molecule has 0 fully saturated rings. The monoisotopic (exact) mass is 362 g/mol. The Morgan fingerprint density at radius 3 is 2.37 bits per heavy atom. The van der Waals surface area contributed by atoms with E-state index in [-0.39, 0.29) is 0 Å². The molecular formula is C21H26N6. The fourth-order valence-electron chi connectivity index (χ4n) is 2.58. The van der Waals surface area contributed by atoms with Gasteiger partial charge < -0.3 is 15.5 Å². The maximum absolute atomic E-state index is 4.66. The third kappa shape index (κ3) is 5.76. The number of aromatic nitrogens is 3. The van der Waals surface area contributed by atoms with Gasteiger partial charge >= 0.3 is 0 Å². The lowest BCUT2D eigenvalue weighted by atomic mass is 10.1. The molecule has 2 aromatic heterocycles. The van der Waals surface area contributed by atoms with Crippen LogP contribution in [0.15, 0.2) is 54.9 Å². The summed E-state index contributed by atoms with van der Waals surface area (Å²) in [6, 6.07) is 14.4. The zero-order valence-electron chi connectivity index (χ0n) is 16.1. The summed E-state index contributed by atoms with van der Waals surface area (Å²) in [6.07, 6.45) is 3.55. The number of rotatable bonds is 8. The van der Waals surface area contributed by atoms with Crippen molar-refractivity contribution in [2.75, 3.05) is 37.8 Å². The number of hydrogen-bond donors (Lipinski definition) is 2. The number of nitrogens with zero attached hydrogens (tertiary/aromatic N) is 4. The van der Waals surface area contributed by atoms with Gasteiger partial charge in [-0.25, -0.2) is 4.98 Å². The molecule has 0 unspecified atom stereocenters. The number of likely N-dealkylation sites (N-methyl/N-ethyl adjacent to an activating group) is 1. The molecule has 0 bridgehead atoms. The summed E-state index contributed by atoms with van der Waals surface area (Å²) in [5, 5.41) is 6.73. The molecule has 27 heavy (non-hydrogen) atoms. The van der Waals surface area contributed by atoms with Gasteiger partial charge in [0, 0.05) is 43.7 Å². The zero-order valence-corrected chi connectivity index (χ0v) is 16.1. The van der Waals surface area contributed by atoms with Crippen LogP contribution in [0.2, 0.25) is 0 Å². The van der Waals surface area contributed by atoms with Crippen LogP contribution in [0.3, 0.4) is 0 Å². The SMILES string of the molecule is Cc1ccc(CNc2cc(-c3ccncc3)nc(NCCN(C)C)n2)cc1. The average molecular weight is 362 g/mol. The molecule has 3 aromatic rings. The Kier molecular flexibility index (Phi) is 6.33. The standard InChI is InChI=1S/C21H26N6/c1-16-4-6-17(7-5-16)15-24-20-14-19(18-8-10-22-11-9-18)25-21(26-20)23-12-13-27(2)3/h4-11,14H,12-13,15H2,1-3H3,(H2,23,24,25,26). The number of nitrogens with one attached hydrogen (secondary N) is 2. The number of aryl methyl sites for hydroxylation is 1. The van der Waals surface area contributed by atoms with Crippen molar-refractivity contribution in [3.8, 4) is 11.3 Å². The third-order valence-corrected chi connectivity index (χ3v) is 4.14. The molecule has 0 aliphatic heterocycles. The molecular weight excluding hydrogens is 336 g/mol. The van der Waals surface area contributed by atoms with Crippen molar-refractivity contribution < 1.29 is 0 Å². The van der Waals surface area contributed by atoms with Crippen molar-refractivity contribution >= 4 is 11.8 Å². The molecule has 0 saturated heterocycles. The molecule has 0 saturated carbocycles. The second kappa shape index (κ2) is 9.09. The summed E-state index contributed by atoms with van der Waals surface area (Å²) < 4.78 is 0. The molecule has 6 heteroatoms. The highest BCUT2D eigenvalue weighted by Gasteiger charge is 2.07. The maximum Gasteiger partial charge on any atom is 0.225 e. The minimum absolute atomic E-state index is 0.623. The van der Waals surface area contributed by atoms with Gasteiger partial charge in [-0.3, -0.25) is 4.98 Å². The van der Waals surface area contributed by atoms with Crippen molar-refractivity contribution in [3.63, 3.8) is 0 Å². The Bertz CT molecular complexity index is 846. The summed E-state index contributed by atoms with van der Waals surface area (Å²) in [5.41, 5.74) is 4.35. The van der Waals surface area contributed by atoms with Gasteiger partial charge in [-0.2, -0.15) is 4.98 Å². The Balaban J connectivity index is 1.79. The van der Waals surface area contributed by atoms with Crippen LogP contribution in [0.4, 0.5) is 11.8 Å². The van der Waals surface area contributed by atoms with Gasteiger partial charge in [0.05, 0.1) is 5.69 Å². The molecule has 0 atom stereocenters. The lowest BCUT2D eigenvalue weighted by Crippen LogP contribution is -2.21. The van der Waals surface area contributed by atoms with Gasteiger partial charge in [-0.1, -0.05) is 29.8 Å². The van der Waals surface area contributed by atoms with Gasteiger partial charge in [0.2, 0.25) is 5.95 Å². The van der Waals surface area contributed by atoms with E-state index >= 15 is 0 Å². The van der Waals surface area contributed by atoms with Gasteiger partial charge in [0.1, 0.15) is 5.82 Å². The van der Waals surface area contributed by atoms with Gasteiger partial charge in [-0.05, 0) is 38.7 Å². The first-order valence-electron chi connectivity index (χ1n) is 9.07. The Morgan fingerprint density at radius 1 is 0.926 bits per heavy atom. The van der Waals surface area contributed by atoms with E-state index in [1.54, 1.807) is 12.4 Å². The van der Waals surface area contributed by atoms with Crippen molar-refractivity contribution in [1.82, 2.24) is 19.9 Å². The summed E-state index contributed by atoms with van der Waals surface area (Å²) in [6.45, 7) is 4.50. The van der Waals surface area contributed by atoms with Gasteiger partial charge in [-0.15, -0.1) is 0 Å². The highest BCUT2D eigenvalue weighted by molar-refractivity contribution is 5.63. The normalized spacial score (nSPS) is 10.8. The summed E-state index contributed by atoms with van der Waals surface area (Å²) in [5.74, 6) is 1.42. The lowest BCUT2D eigenvalue weighted by molar-refractivity contribution is 0.425. The minimum atomic E-state index is 0.623. The number of hydrogen-bond acceptors (Lipinski definition) is 6. The van der Waals surface area contributed by atoms with Crippen LogP contribution in [0.25, 0.3) is 11.3 Å². The number of benzene rings is 1. The van der Waals surface area contributed by atoms with Crippen molar-refractivity contribution in [2.24, 2.45) is 0 Å². The average Bonchev–Trinajstić information content (AvgIpc) is 2.68. The molecule has 2 N–H and O–H groups in total. The Hall–Kier alpha value is -2.99. The molecule has 0 spiro atoms. The van der Waals surface area contributed by atoms with E-state index in [2.05, 4.69) is 61.7 Å². The fourth-order valence-corrected chi connectivity index (χ4v) is 2.58. The zero-order chi connectivity index (χ0) is 19.1. The topological polar surface area (TPSA) is 66.0 Å². The van der Waals surface area contributed by atoms with E-state index in [0.29, 0.717) is 12.5 Å². The minimum Gasteiger partial charge on any atom is -0.366 e.